The van der Waals surface area contributed by atoms with Gasteiger partial charge in [0.05, 0.1) is 38.9 Å². The second-order valence-corrected chi connectivity index (χ2v) is 10.3. The Morgan fingerprint density at radius 2 is 2.00 bits per heavy atom. The van der Waals surface area contributed by atoms with Crippen LogP contribution in [0.5, 0.6) is 5.75 Å². The summed E-state index contributed by atoms with van der Waals surface area (Å²) >= 11 is 1.43. The lowest BCUT2D eigenvalue weighted by atomic mass is 10.0. The van der Waals surface area contributed by atoms with Gasteiger partial charge in [0.15, 0.2) is 5.13 Å². The molecule has 1 aliphatic heterocycles. The predicted molar refractivity (Wildman–Crippen MR) is 151 cm³/mol. The van der Waals surface area contributed by atoms with E-state index in [-0.39, 0.29) is 24.8 Å². The van der Waals surface area contributed by atoms with Crippen molar-refractivity contribution in [2.75, 3.05) is 51.4 Å². The number of nitrogens with zero attached hydrogens (tertiary/aromatic N) is 4. The number of hydrogen-bond donors (Lipinski definition) is 1. The first kappa shape index (κ1) is 27.0. The van der Waals surface area contributed by atoms with Crippen LogP contribution in [0.25, 0.3) is 10.9 Å². The smallest absolute Gasteiger partial charge is 0.262 e. The fourth-order valence-corrected chi connectivity index (χ4v) is 5.67. The van der Waals surface area contributed by atoms with E-state index in [1.807, 2.05) is 24.4 Å². The molecule has 0 spiro atoms. The van der Waals surface area contributed by atoms with E-state index < -0.39 is 0 Å². The molecule has 204 valence electrons. The van der Waals surface area contributed by atoms with Crippen molar-refractivity contribution in [3.8, 4) is 5.75 Å². The van der Waals surface area contributed by atoms with Gasteiger partial charge in [0.25, 0.3) is 5.91 Å². The highest BCUT2D eigenvalue weighted by Gasteiger charge is 2.26. The normalized spacial score (nSPS) is 14.0. The first-order chi connectivity index (χ1) is 19.0. The standard InChI is InChI=1S/C29H32N4O5S/c1-20-24(18-27(35)32(29-30-8-15-39-29)10-9-31-11-13-38-14-12-31)25-16-21(19-34)6-7-26(25)33(20)28(36)22-4-3-5-23(17-22)37-2/h3-8,15-17,34H,9-14,18-19H2,1-2H3. The maximum atomic E-state index is 13.9. The quantitative estimate of drug-likeness (QED) is 0.342. The van der Waals surface area contributed by atoms with Crippen LogP contribution in [0.3, 0.4) is 0 Å². The van der Waals surface area contributed by atoms with Gasteiger partial charge >= 0.3 is 0 Å². The molecule has 9 nitrogen and oxygen atoms in total. The molecule has 2 aromatic carbocycles. The number of ether oxygens (including phenoxy) is 2. The van der Waals surface area contributed by atoms with E-state index >= 15 is 0 Å². The zero-order chi connectivity index (χ0) is 27.4. The maximum absolute atomic E-state index is 13.9. The molecule has 0 saturated carbocycles. The molecule has 4 aromatic rings. The average molecular weight is 549 g/mol. The molecule has 1 amide bonds. The molecular formula is C29H32N4O5S. The number of morpholine rings is 1. The SMILES string of the molecule is COc1cccc(C(=O)n2c(C)c(CC(=O)N(CCN3CCOCC3)c3nccs3)c3cc(CO)ccc32)c1. The number of aliphatic hydroxyl groups is 1. The third-order valence-electron chi connectivity index (χ3n) is 7.12. The summed E-state index contributed by atoms with van der Waals surface area (Å²) in [4.78, 5) is 36.0. The Labute approximate surface area is 231 Å². The van der Waals surface area contributed by atoms with Crippen LogP contribution in [0.4, 0.5) is 5.13 Å². The van der Waals surface area contributed by atoms with E-state index in [2.05, 4.69) is 9.88 Å². The van der Waals surface area contributed by atoms with E-state index in [1.54, 1.807) is 53.1 Å². The van der Waals surface area contributed by atoms with E-state index in [4.69, 9.17) is 9.47 Å². The lowest BCUT2D eigenvalue weighted by molar-refractivity contribution is -0.118. The van der Waals surface area contributed by atoms with Crippen LogP contribution in [0.2, 0.25) is 0 Å². The molecule has 39 heavy (non-hydrogen) atoms. The number of aromatic nitrogens is 2. The van der Waals surface area contributed by atoms with Gasteiger partial charge in [-0.05, 0) is 48.4 Å². The number of hydrogen-bond acceptors (Lipinski definition) is 8. The molecule has 0 atom stereocenters. The molecule has 1 aliphatic rings. The molecule has 0 unspecified atom stereocenters. The molecule has 3 heterocycles. The summed E-state index contributed by atoms with van der Waals surface area (Å²) in [7, 11) is 1.56. The van der Waals surface area contributed by atoms with Gasteiger partial charge in [0.1, 0.15) is 5.75 Å². The summed E-state index contributed by atoms with van der Waals surface area (Å²) in [5.74, 6) is 0.284. The van der Waals surface area contributed by atoms with Crippen LogP contribution in [0.15, 0.2) is 54.0 Å². The molecule has 1 N–H and O–H groups in total. The van der Waals surface area contributed by atoms with E-state index in [0.29, 0.717) is 53.0 Å². The van der Waals surface area contributed by atoms with Crippen molar-refractivity contribution in [1.29, 1.82) is 0 Å². The Hall–Kier alpha value is -3.57. The molecule has 1 saturated heterocycles. The fourth-order valence-electron chi connectivity index (χ4n) is 4.99. The summed E-state index contributed by atoms with van der Waals surface area (Å²) in [5.41, 5.74) is 3.33. The zero-order valence-electron chi connectivity index (χ0n) is 22.1. The number of amides is 1. The Kier molecular flexibility index (Phi) is 8.37. The minimum Gasteiger partial charge on any atom is -0.497 e. The fraction of sp³-hybridized carbons (Fsp3) is 0.345. The number of aliphatic hydroxyl groups excluding tert-OH is 1. The van der Waals surface area contributed by atoms with Crippen molar-refractivity contribution in [2.45, 2.75) is 20.0 Å². The molecule has 1 fully saturated rings. The Bertz CT molecular complexity index is 1460. The van der Waals surface area contributed by atoms with Crippen LogP contribution in [-0.4, -0.2) is 77.9 Å². The van der Waals surface area contributed by atoms with Gasteiger partial charge in [-0.3, -0.25) is 24.0 Å². The third kappa shape index (κ3) is 5.74. The van der Waals surface area contributed by atoms with E-state index in [0.717, 1.165) is 30.6 Å². The number of carbonyl (C=O) groups is 2. The largest absolute Gasteiger partial charge is 0.497 e. The Morgan fingerprint density at radius 3 is 2.72 bits per heavy atom. The number of anilines is 1. The number of rotatable bonds is 9. The van der Waals surface area contributed by atoms with Gasteiger partial charge in [-0.15, -0.1) is 11.3 Å². The highest BCUT2D eigenvalue weighted by Crippen LogP contribution is 2.30. The van der Waals surface area contributed by atoms with Gasteiger partial charge in [0.2, 0.25) is 5.91 Å². The van der Waals surface area contributed by atoms with Crippen LogP contribution < -0.4 is 9.64 Å². The number of thiazole rings is 1. The first-order valence-electron chi connectivity index (χ1n) is 12.9. The maximum Gasteiger partial charge on any atom is 0.262 e. The predicted octanol–water partition coefficient (Wildman–Crippen LogP) is 3.50. The minimum absolute atomic E-state index is 0.0939. The van der Waals surface area contributed by atoms with Crippen molar-refractivity contribution in [3.05, 3.63) is 76.4 Å². The molecule has 10 heteroatoms. The second-order valence-electron chi connectivity index (χ2n) is 9.44. The third-order valence-corrected chi connectivity index (χ3v) is 7.92. The molecule has 0 radical (unpaired) electrons. The highest BCUT2D eigenvalue weighted by molar-refractivity contribution is 7.13. The summed E-state index contributed by atoms with van der Waals surface area (Å²) in [6.45, 7) is 6.01. The number of carbonyl (C=O) groups excluding carboxylic acids is 2. The van der Waals surface area contributed by atoms with Gasteiger partial charge in [-0.2, -0.15) is 0 Å². The lowest BCUT2D eigenvalue weighted by Gasteiger charge is -2.29. The van der Waals surface area contributed by atoms with Crippen molar-refractivity contribution in [1.82, 2.24) is 14.5 Å². The zero-order valence-corrected chi connectivity index (χ0v) is 22.9. The molecular weight excluding hydrogens is 516 g/mol. The van der Waals surface area contributed by atoms with Crippen LogP contribution in [-0.2, 0) is 22.6 Å². The van der Waals surface area contributed by atoms with Crippen molar-refractivity contribution >= 4 is 39.2 Å². The van der Waals surface area contributed by atoms with Crippen molar-refractivity contribution in [3.63, 3.8) is 0 Å². The average Bonchev–Trinajstić information content (AvgIpc) is 3.60. The summed E-state index contributed by atoms with van der Waals surface area (Å²) in [6.07, 6.45) is 1.80. The van der Waals surface area contributed by atoms with E-state index in [9.17, 15) is 14.7 Å². The van der Waals surface area contributed by atoms with Gasteiger partial charge in [0, 0.05) is 54.4 Å². The van der Waals surface area contributed by atoms with Gasteiger partial charge < -0.3 is 14.6 Å². The van der Waals surface area contributed by atoms with Crippen LogP contribution in [0, 0.1) is 6.92 Å². The lowest BCUT2D eigenvalue weighted by Crippen LogP contribution is -2.43. The number of benzene rings is 2. The summed E-state index contributed by atoms with van der Waals surface area (Å²) < 4.78 is 12.4. The topological polar surface area (TPSA) is 97.1 Å². The van der Waals surface area contributed by atoms with Crippen LogP contribution >= 0.6 is 11.3 Å². The summed E-state index contributed by atoms with van der Waals surface area (Å²) in [5, 5.41) is 13.1. The van der Waals surface area contributed by atoms with Crippen molar-refractivity contribution < 1.29 is 24.2 Å². The van der Waals surface area contributed by atoms with Crippen molar-refractivity contribution in [2.24, 2.45) is 0 Å². The highest BCUT2D eigenvalue weighted by atomic mass is 32.1. The van der Waals surface area contributed by atoms with Crippen LogP contribution in [0.1, 0.15) is 27.2 Å². The molecule has 0 aliphatic carbocycles. The number of fused-ring (bicyclic) bond motifs is 1. The Balaban J connectivity index is 1.50. The molecule has 2 aromatic heterocycles. The molecule has 5 rings (SSSR count). The monoisotopic (exact) mass is 548 g/mol. The number of methoxy groups -OCH3 is 1. The molecule has 0 bridgehead atoms. The van der Waals surface area contributed by atoms with E-state index in [1.165, 1.54) is 11.3 Å². The Morgan fingerprint density at radius 1 is 1.18 bits per heavy atom. The van der Waals surface area contributed by atoms with Gasteiger partial charge in [-0.25, -0.2) is 4.98 Å². The van der Waals surface area contributed by atoms with Gasteiger partial charge in [-0.1, -0.05) is 12.1 Å². The summed E-state index contributed by atoms with van der Waals surface area (Å²) in [6, 6.07) is 12.5. The first-order valence-corrected chi connectivity index (χ1v) is 13.8. The minimum atomic E-state index is -0.212. The second kappa shape index (κ2) is 12.1.